The molecule has 31 heavy (non-hydrogen) atoms. The van der Waals surface area contributed by atoms with Crippen LogP contribution in [0.4, 0.5) is 5.69 Å². The lowest BCUT2D eigenvalue weighted by Crippen LogP contribution is -2.25. The van der Waals surface area contributed by atoms with E-state index in [1.54, 1.807) is 24.3 Å². The third kappa shape index (κ3) is 4.38. The minimum atomic E-state index is -0.677. The van der Waals surface area contributed by atoms with Crippen molar-refractivity contribution in [2.24, 2.45) is 5.10 Å². The zero-order chi connectivity index (χ0) is 22.0. The molecule has 0 aliphatic carbocycles. The van der Waals surface area contributed by atoms with Gasteiger partial charge in [-0.15, -0.1) is 5.10 Å². The zero-order valence-corrected chi connectivity index (χ0v) is 17.7. The normalized spacial score (nSPS) is 15.2. The number of ether oxygens (including phenoxy) is 2. The molecular weight excluding hydrogens is 468 g/mol. The van der Waals surface area contributed by atoms with Gasteiger partial charge in [0.15, 0.2) is 0 Å². The number of carbonyl (C=O) groups is 1. The highest BCUT2D eigenvalue weighted by atomic mass is 79.9. The minimum Gasteiger partial charge on any atom is -0.446 e. The van der Waals surface area contributed by atoms with Gasteiger partial charge >= 0.3 is 0 Å². The van der Waals surface area contributed by atoms with E-state index in [0.717, 1.165) is 16.2 Å². The van der Waals surface area contributed by atoms with Crippen LogP contribution in [0.15, 0.2) is 76.4 Å². The second-order valence-electron chi connectivity index (χ2n) is 6.50. The maximum Gasteiger partial charge on any atom is 0.287 e. The summed E-state index contributed by atoms with van der Waals surface area (Å²) in [6, 6.07) is 17.0. The highest BCUT2D eigenvalue weighted by Crippen LogP contribution is 2.34. The summed E-state index contributed by atoms with van der Waals surface area (Å²) in [5, 5.41) is 16.3. The number of halogens is 1. The van der Waals surface area contributed by atoms with Crippen molar-refractivity contribution in [1.29, 1.82) is 0 Å². The summed E-state index contributed by atoms with van der Waals surface area (Å²) in [6.07, 6.45) is 0.450. The first-order valence-electron chi connectivity index (χ1n) is 9.10. The Morgan fingerprint density at radius 1 is 1.16 bits per heavy atom. The average Bonchev–Trinajstić information content (AvgIpc) is 3.20. The summed E-state index contributed by atoms with van der Waals surface area (Å²) in [7, 11) is 0. The van der Waals surface area contributed by atoms with Crippen molar-refractivity contribution in [1.82, 2.24) is 9.99 Å². The number of hydrogen-bond acceptors (Lipinski definition) is 7. The lowest BCUT2D eigenvalue weighted by Gasteiger charge is -2.20. The Morgan fingerprint density at radius 2 is 1.90 bits per heavy atom. The summed E-state index contributed by atoms with van der Waals surface area (Å²) in [4.78, 5) is 26.2. The van der Waals surface area contributed by atoms with Gasteiger partial charge < -0.3 is 9.47 Å². The maximum atomic E-state index is 12.1. The van der Waals surface area contributed by atoms with Crippen LogP contribution in [0, 0.1) is 10.1 Å². The highest BCUT2D eigenvalue weighted by Gasteiger charge is 2.34. The first-order chi connectivity index (χ1) is 14.9. The summed E-state index contributed by atoms with van der Waals surface area (Å²) in [5.74, 6) is 0.759. The van der Waals surface area contributed by atoms with Crippen LogP contribution in [-0.4, -0.2) is 26.7 Å². The van der Waals surface area contributed by atoms with Crippen molar-refractivity contribution in [2.75, 3.05) is 0 Å². The number of benzene rings is 2. The summed E-state index contributed by atoms with van der Waals surface area (Å²) in [6.45, 7) is 1.42. The molecule has 1 aliphatic heterocycles. The Bertz CT molecular complexity index is 1170. The van der Waals surface area contributed by atoms with E-state index in [9.17, 15) is 14.9 Å². The molecule has 1 atom stereocenters. The van der Waals surface area contributed by atoms with Crippen molar-refractivity contribution in [3.63, 3.8) is 0 Å². The van der Waals surface area contributed by atoms with Gasteiger partial charge in [-0.25, -0.2) is 4.98 Å². The van der Waals surface area contributed by atoms with Crippen molar-refractivity contribution < 1.29 is 19.2 Å². The Balaban J connectivity index is 1.52. The first kappa shape index (κ1) is 20.5. The van der Waals surface area contributed by atoms with Gasteiger partial charge in [0.1, 0.15) is 11.9 Å². The monoisotopic (exact) mass is 482 g/mol. The largest absolute Gasteiger partial charge is 0.446 e. The zero-order valence-electron chi connectivity index (χ0n) is 16.1. The predicted molar refractivity (Wildman–Crippen MR) is 114 cm³/mol. The molecule has 0 saturated carbocycles. The van der Waals surface area contributed by atoms with Gasteiger partial charge in [0.05, 0.1) is 4.92 Å². The third-order valence-corrected chi connectivity index (χ3v) is 5.12. The molecule has 4 rings (SSSR count). The van der Waals surface area contributed by atoms with E-state index in [4.69, 9.17) is 9.47 Å². The number of hydrogen-bond donors (Lipinski definition) is 0. The SMILES string of the molecule is CC(=O)N1N=C(c2ccc(Oc3ccc([N+](=O)[O-])cn3)cc2)OC1c1ccccc1Br. The second-order valence-corrected chi connectivity index (χ2v) is 7.35. The molecule has 0 bridgehead atoms. The molecular formula is C21H15BrN4O5. The molecule has 0 N–H and O–H groups in total. The smallest absolute Gasteiger partial charge is 0.287 e. The van der Waals surface area contributed by atoms with E-state index in [2.05, 4.69) is 26.0 Å². The van der Waals surface area contributed by atoms with Crippen LogP contribution < -0.4 is 4.74 Å². The van der Waals surface area contributed by atoms with Gasteiger partial charge in [-0.1, -0.05) is 34.1 Å². The Hall–Kier alpha value is -3.79. The fourth-order valence-electron chi connectivity index (χ4n) is 2.89. The van der Waals surface area contributed by atoms with Gasteiger partial charge in [-0.05, 0) is 30.3 Å². The van der Waals surface area contributed by atoms with Gasteiger partial charge in [-0.2, -0.15) is 5.01 Å². The molecule has 0 fully saturated rings. The minimum absolute atomic E-state index is 0.117. The van der Waals surface area contributed by atoms with Crippen molar-refractivity contribution >= 4 is 33.4 Å². The highest BCUT2D eigenvalue weighted by molar-refractivity contribution is 9.10. The molecule has 3 aromatic rings. The fraction of sp³-hybridized carbons (Fsp3) is 0.0952. The van der Waals surface area contributed by atoms with Gasteiger partial charge in [-0.3, -0.25) is 14.9 Å². The summed E-state index contributed by atoms with van der Waals surface area (Å²) >= 11 is 3.48. The number of rotatable bonds is 5. The van der Waals surface area contributed by atoms with Crippen LogP contribution >= 0.6 is 15.9 Å². The lowest BCUT2D eigenvalue weighted by molar-refractivity contribution is -0.385. The number of nitrogens with zero attached hydrogens (tertiary/aromatic N) is 4. The number of carbonyl (C=O) groups excluding carboxylic acids is 1. The molecule has 0 spiro atoms. The second kappa shape index (κ2) is 8.52. The lowest BCUT2D eigenvalue weighted by atomic mass is 10.2. The van der Waals surface area contributed by atoms with Crippen LogP contribution in [0.5, 0.6) is 11.6 Å². The molecule has 1 amide bonds. The molecule has 1 aromatic heterocycles. The van der Waals surface area contributed by atoms with E-state index in [1.165, 1.54) is 24.1 Å². The number of aromatic nitrogens is 1. The molecule has 1 unspecified atom stereocenters. The van der Waals surface area contributed by atoms with Crippen LogP contribution in [-0.2, 0) is 9.53 Å². The number of hydrazone groups is 1. The van der Waals surface area contributed by atoms with E-state index in [0.29, 0.717) is 17.2 Å². The Morgan fingerprint density at radius 3 is 2.52 bits per heavy atom. The van der Waals surface area contributed by atoms with Crippen molar-refractivity contribution in [2.45, 2.75) is 13.2 Å². The van der Waals surface area contributed by atoms with Gasteiger partial charge in [0.2, 0.25) is 23.9 Å². The number of pyridine rings is 1. The number of nitro groups is 1. The maximum absolute atomic E-state index is 12.1. The van der Waals surface area contributed by atoms with Crippen LogP contribution in [0.25, 0.3) is 0 Å². The standard InChI is InChI=1S/C21H15BrN4O5/c1-13(27)25-21(17-4-2-3-5-18(17)22)31-20(24-25)14-6-9-16(10-7-14)30-19-11-8-15(12-23-19)26(28)29/h2-12,21H,1H3. The quantitative estimate of drug-likeness (QED) is 0.382. The number of amides is 1. The molecule has 10 heteroatoms. The van der Waals surface area contributed by atoms with E-state index in [-0.39, 0.29) is 17.5 Å². The van der Waals surface area contributed by atoms with E-state index < -0.39 is 11.2 Å². The molecule has 2 heterocycles. The van der Waals surface area contributed by atoms with Crippen LogP contribution in [0.3, 0.4) is 0 Å². The first-order valence-corrected chi connectivity index (χ1v) is 9.90. The van der Waals surface area contributed by atoms with Gasteiger partial charge in [0, 0.05) is 34.7 Å². The summed E-state index contributed by atoms with van der Waals surface area (Å²) in [5.41, 5.74) is 1.32. The molecule has 2 aromatic carbocycles. The van der Waals surface area contributed by atoms with Crippen molar-refractivity contribution in [3.8, 4) is 11.6 Å². The summed E-state index contributed by atoms with van der Waals surface area (Å²) < 4.78 is 12.4. The van der Waals surface area contributed by atoms with Crippen LogP contribution in [0.1, 0.15) is 24.3 Å². The molecule has 0 saturated heterocycles. The van der Waals surface area contributed by atoms with E-state index in [1.807, 2.05) is 24.3 Å². The average molecular weight is 483 g/mol. The third-order valence-electron chi connectivity index (χ3n) is 4.39. The van der Waals surface area contributed by atoms with E-state index >= 15 is 0 Å². The van der Waals surface area contributed by atoms with Gasteiger partial charge in [0.25, 0.3) is 5.69 Å². The fourth-order valence-corrected chi connectivity index (χ4v) is 3.37. The molecule has 156 valence electrons. The van der Waals surface area contributed by atoms with Crippen molar-refractivity contribution in [3.05, 3.63) is 92.6 Å². The molecule has 1 aliphatic rings. The topological polar surface area (TPSA) is 107 Å². The molecule has 0 radical (unpaired) electrons. The Labute approximate surface area is 185 Å². The Kier molecular flexibility index (Phi) is 5.63. The predicted octanol–water partition coefficient (Wildman–Crippen LogP) is 4.78. The molecule has 9 nitrogen and oxygen atoms in total. The van der Waals surface area contributed by atoms with Crippen LogP contribution in [0.2, 0.25) is 0 Å².